The maximum atomic E-state index is 9.67. The third-order valence-electron chi connectivity index (χ3n) is 2.94. The predicted molar refractivity (Wildman–Crippen MR) is 93.1 cm³/mol. The van der Waals surface area contributed by atoms with Crippen molar-refractivity contribution < 1.29 is 12.9 Å². The second kappa shape index (κ2) is 9.24. The fraction of sp³-hybridized carbons (Fsp3) is 0. The van der Waals surface area contributed by atoms with Crippen LogP contribution in [-0.4, -0.2) is 21.4 Å². The molecule has 0 unspecified atom stereocenters. The topological polar surface area (TPSA) is 0 Å². The number of hydrogen-bond acceptors (Lipinski definition) is 0. The van der Waals surface area contributed by atoms with Gasteiger partial charge in [0.25, 0.3) is 0 Å². The normalized spacial score (nSPS) is 9.91. The number of hydrogen-bond donors (Lipinski definition) is 0. The van der Waals surface area contributed by atoms with E-state index in [0.29, 0.717) is 0 Å². The molecule has 0 nitrogen and oxygen atoms in total. The summed E-state index contributed by atoms with van der Waals surface area (Å²) >= 11 is -1.15. The van der Waals surface area contributed by atoms with Crippen LogP contribution in [0.3, 0.4) is 0 Å². The van der Waals surface area contributed by atoms with E-state index < -0.39 is 21.4 Å². The molecule has 3 rings (SSSR count). The molecule has 0 radical (unpaired) electrons. The molecule has 0 spiro atoms. The Hall–Kier alpha value is -1.97. The zero-order chi connectivity index (χ0) is 16.5. The number of halogens is 3. The molecule has 0 aromatic heterocycles. The van der Waals surface area contributed by atoms with Gasteiger partial charge in [-0.1, -0.05) is 0 Å². The van der Waals surface area contributed by atoms with Crippen molar-refractivity contribution in [3.8, 4) is 0 Å². The molecule has 0 heterocycles. The van der Waals surface area contributed by atoms with Gasteiger partial charge in [0.05, 0.1) is 0 Å². The standard InChI is InChI=1S/C18H15Se.BF3/c1-4-10-16(11-5-1)19(17-12-6-2-7-13-17)18-14-8-3-9-15-18;2-1(3)4/h1-15H;/q+1;. The van der Waals surface area contributed by atoms with Gasteiger partial charge < -0.3 is 0 Å². The molecule has 0 aliphatic carbocycles. The summed E-state index contributed by atoms with van der Waals surface area (Å²) in [6, 6.07) is 32.6. The summed E-state index contributed by atoms with van der Waals surface area (Å²) in [7, 11) is -3.67. The minimum atomic E-state index is -3.67. The van der Waals surface area contributed by atoms with E-state index in [2.05, 4.69) is 91.0 Å². The maximum absolute atomic E-state index is 9.67. The number of benzene rings is 3. The second-order valence-electron chi connectivity index (χ2n) is 4.49. The minimum absolute atomic E-state index is 1.15. The van der Waals surface area contributed by atoms with E-state index in [1.54, 1.807) is 0 Å². The zero-order valence-electron chi connectivity index (χ0n) is 12.3. The average Bonchev–Trinajstić information content (AvgIpc) is 2.58. The van der Waals surface area contributed by atoms with Crippen molar-refractivity contribution in [2.45, 2.75) is 0 Å². The average molecular weight is 378 g/mol. The van der Waals surface area contributed by atoms with Gasteiger partial charge in [-0.2, -0.15) is 0 Å². The molecule has 3 aromatic carbocycles. The summed E-state index contributed by atoms with van der Waals surface area (Å²) in [5.74, 6) is 0. The van der Waals surface area contributed by atoms with E-state index in [1.807, 2.05) is 0 Å². The Morgan fingerprint density at radius 3 is 0.913 bits per heavy atom. The third-order valence-corrected chi connectivity index (χ3v) is 7.62. The van der Waals surface area contributed by atoms with Gasteiger partial charge in [0.2, 0.25) is 0 Å². The van der Waals surface area contributed by atoms with Gasteiger partial charge in [-0.15, -0.1) is 0 Å². The third kappa shape index (κ3) is 5.63. The van der Waals surface area contributed by atoms with Crippen molar-refractivity contribution in [3.63, 3.8) is 0 Å². The molecule has 0 saturated heterocycles. The quantitative estimate of drug-likeness (QED) is 0.615. The van der Waals surface area contributed by atoms with Crippen molar-refractivity contribution in [1.82, 2.24) is 0 Å². The van der Waals surface area contributed by atoms with Crippen molar-refractivity contribution >= 4 is 34.8 Å². The zero-order valence-corrected chi connectivity index (χ0v) is 14.0. The molecule has 23 heavy (non-hydrogen) atoms. The molecule has 0 bridgehead atoms. The van der Waals surface area contributed by atoms with E-state index in [9.17, 15) is 12.9 Å². The monoisotopic (exact) mass is 379 g/mol. The van der Waals surface area contributed by atoms with Gasteiger partial charge in [0.15, 0.2) is 0 Å². The Kier molecular flexibility index (Phi) is 6.98. The van der Waals surface area contributed by atoms with Crippen molar-refractivity contribution in [2.24, 2.45) is 0 Å². The Labute approximate surface area is 139 Å². The first-order chi connectivity index (χ1) is 11.2. The van der Waals surface area contributed by atoms with Crippen molar-refractivity contribution in [2.75, 3.05) is 0 Å². The van der Waals surface area contributed by atoms with Crippen LogP contribution in [0, 0.1) is 0 Å². The van der Waals surface area contributed by atoms with E-state index in [4.69, 9.17) is 0 Å². The first kappa shape index (κ1) is 17.4. The molecule has 0 N–H and O–H groups in total. The van der Waals surface area contributed by atoms with Crippen LogP contribution in [0.15, 0.2) is 91.0 Å². The van der Waals surface area contributed by atoms with Gasteiger partial charge in [0, 0.05) is 0 Å². The summed E-state index contributed by atoms with van der Waals surface area (Å²) in [4.78, 5) is 0. The molecule has 116 valence electrons. The van der Waals surface area contributed by atoms with Crippen LogP contribution in [0.2, 0.25) is 0 Å². The molecule has 0 aliphatic heterocycles. The summed E-state index contributed by atoms with van der Waals surface area (Å²) in [6.07, 6.45) is 0. The summed E-state index contributed by atoms with van der Waals surface area (Å²) < 4.78 is 33.4. The number of rotatable bonds is 3. The van der Waals surface area contributed by atoms with E-state index >= 15 is 0 Å². The molecule has 3 aromatic rings. The molecule has 0 atom stereocenters. The Bertz CT molecular complexity index is 582. The van der Waals surface area contributed by atoms with Crippen LogP contribution >= 0.6 is 0 Å². The predicted octanol–water partition coefficient (Wildman–Crippen LogP) is 3.08. The fourth-order valence-electron chi connectivity index (χ4n) is 2.08. The molecule has 0 amide bonds. The Balaban J connectivity index is 0.000000433. The molecule has 0 aliphatic rings. The first-order valence-electron chi connectivity index (χ1n) is 7.00. The Morgan fingerprint density at radius 2 is 0.696 bits per heavy atom. The molecular weight excluding hydrogens is 363 g/mol. The van der Waals surface area contributed by atoms with E-state index in [1.165, 1.54) is 13.4 Å². The molecule has 5 heteroatoms. The summed E-state index contributed by atoms with van der Waals surface area (Å²) in [6.45, 7) is 0. The summed E-state index contributed by atoms with van der Waals surface area (Å²) in [5, 5.41) is 0. The van der Waals surface area contributed by atoms with Crippen LogP contribution in [0.1, 0.15) is 0 Å². The van der Waals surface area contributed by atoms with Gasteiger partial charge in [-0.05, 0) is 0 Å². The Morgan fingerprint density at radius 1 is 0.478 bits per heavy atom. The van der Waals surface area contributed by atoms with E-state index in [-0.39, 0.29) is 0 Å². The van der Waals surface area contributed by atoms with Crippen molar-refractivity contribution in [3.05, 3.63) is 91.0 Å². The van der Waals surface area contributed by atoms with Gasteiger partial charge in [0.1, 0.15) is 0 Å². The van der Waals surface area contributed by atoms with Crippen LogP contribution in [0.5, 0.6) is 0 Å². The van der Waals surface area contributed by atoms with Crippen LogP contribution in [0.25, 0.3) is 0 Å². The van der Waals surface area contributed by atoms with Gasteiger partial charge in [-0.3, -0.25) is 12.9 Å². The molecular formula is C18H15BF3Se+. The first-order valence-corrected chi connectivity index (χ1v) is 9.57. The molecule has 0 saturated carbocycles. The van der Waals surface area contributed by atoms with Gasteiger partial charge in [-0.25, -0.2) is 0 Å². The van der Waals surface area contributed by atoms with E-state index in [0.717, 1.165) is 0 Å². The van der Waals surface area contributed by atoms with Crippen LogP contribution in [-0.2, 0) is 0 Å². The molecule has 0 fully saturated rings. The van der Waals surface area contributed by atoms with Crippen molar-refractivity contribution in [1.29, 1.82) is 0 Å². The second-order valence-corrected chi connectivity index (χ2v) is 8.74. The SMILES string of the molecule is FB(F)F.c1ccc([Se+](c2ccccc2)c2ccccc2)cc1. The van der Waals surface area contributed by atoms with Crippen LogP contribution in [0.4, 0.5) is 12.9 Å². The van der Waals surface area contributed by atoms with Crippen LogP contribution < -0.4 is 13.4 Å². The summed E-state index contributed by atoms with van der Waals surface area (Å²) in [5.41, 5.74) is 0. The van der Waals surface area contributed by atoms with Gasteiger partial charge >= 0.3 is 126 Å². The fourth-order valence-corrected chi connectivity index (χ4v) is 6.49.